The van der Waals surface area contributed by atoms with Crippen LogP contribution in [-0.2, 0) is 13.2 Å². The molecule has 2 aliphatic heterocycles. The van der Waals surface area contributed by atoms with Gasteiger partial charge in [-0.25, -0.2) is 20.0 Å². The molecule has 2 unspecified atom stereocenters. The highest BCUT2D eigenvalue weighted by Crippen LogP contribution is 2.25. The number of aliphatic imine (C=N–C) groups is 4. The lowest BCUT2D eigenvalue weighted by Crippen LogP contribution is -2.43. The summed E-state index contributed by atoms with van der Waals surface area (Å²) in [6.45, 7) is 0.830. The Morgan fingerprint density at radius 1 is 0.556 bits per heavy atom. The van der Waals surface area contributed by atoms with Crippen LogP contribution >= 0.6 is 0 Å². The predicted octanol–water partition coefficient (Wildman–Crippen LogP) is 5.31. The number of anilines is 2. The summed E-state index contributed by atoms with van der Waals surface area (Å²) in [6.07, 6.45) is -1.22. The molecule has 274 valence electrons. The highest BCUT2D eigenvalue weighted by Gasteiger charge is 2.18. The summed E-state index contributed by atoms with van der Waals surface area (Å²) in [6, 6.07) is 38.5. The van der Waals surface area contributed by atoms with Gasteiger partial charge in [-0.1, -0.05) is 36.4 Å². The van der Waals surface area contributed by atoms with Crippen molar-refractivity contribution in [1.29, 1.82) is 0 Å². The summed E-state index contributed by atoms with van der Waals surface area (Å²) in [7, 11) is 3.26. The average molecular weight is 725 g/mol. The molecule has 0 aliphatic carbocycles. The Morgan fingerprint density at radius 2 is 1.04 bits per heavy atom. The molecule has 2 heterocycles. The number of nitrogens with two attached hydrogens (primary N) is 2. The molecule has 14 heteroatoms. The molecule has 2 aliphatic rings. The highest BCUT2D eigenvalue weighted by molar-refractivity contribution is 6.13. The van der Waals surface area contributed by atoms with Crippen molar-refractivity contribution in [3.63, 3.8) is 0 Å². The Hall–Kier alpha value is -7.06. The summed E-state index contributed by atoms with van der Waals surface area (Å²) < 4.78 is 22.6. The van der Waals surface area contributed by atoms with Gasteiger partial charge in [0.1, 0.15) is 42.0 Å². The van der Waals surface area contributed by atoms with Crippen molar-refractivity contribution in [2.45, 2.75) is 25.7 Å². The third-order valence-corrected chi connectivity index (χ3v) is 8.36. The predicted molar refractivity (Wildman–Crippen MR) is 211 cm³/mol. The van der Waals surface area contributed by atoms with Gasteiger partial charge in [0.2, 0.25) is 11.9 Å². The maximum atomic E-state index is 6.09. The van der Waals surface area contributed by atoms with E-state index in [1.54, 1.807) is 14.2 Å². The van der Waals surface area contributed by atoms with Crippen molar-refractivity contribution in [2.24, 2.45) is 31.4 Å². The molecule has 0 saturated heterocycles. The number of ether oxygens (including phenoxy) is 4. The Labute approximate surface area is 312 Å². The molecule has 0 spiro atoms. The second-order valence-electron chi connectivity index (χ2n) is 12.2. The van der Waals surface area contributed by atoms with Crippen LogP contribution in [0.2, 0.25) is 0 Å². The first-order valence-corrected chi connectivity index (χ1v) is 17.1. The Balaban J connectivity index is 0.871. The first-order chi connectivity index (χ1) is 26.4. The molecule has 5 aromatic rings. The lowest BCUT2D eigenvalue weighted by molar-refractivity contribution is 0.302. The minimum Gasteiger partial charge on any atom is -0.497 e. The molecule has 0 amide bonds. The topological polar surface area (TPSA) is 187 Å². The van der Waals surface area contributed by atoms with Crippen LogP contribution in [0.3, 0.4) is 0 Å². The fourth-order valence-corrected chi connectivity index (χ4v) is 5.49. The van der Waals surface area contributed by atoms with E-state index in [1.807, 2.05) is 121 Å². The minimum absolute atomic E-state index is 0.274. The van der Waals surface area contributed by atoms with E-state index in [9.17, 15) is 0 Å². The van der Waals surface area contributed by atoms with Crippen molar-refractivity contribution in [3.8, 4) is 23.0 Å². The standard InChI is InChI=1S/C40H40N10O4/c1-51-31-19-11-29(12-20-31)43-39-47-35(45-37(41)49-39)27-7-15-33(16-8-27)53-23-25-3-5-26(6-4-25)24-54-34-17-9-28(10-18-34)36-46-38(42)50-40(48-36)44-30-13-21-32(52-2)22-14-30/h3-22,35,38H,23-24,42H2,1-2H3,(H2,44,46,48,50)(H4,41,43,45,47,49). The van der Waals surface area contributed by atoms with Gasteiger partial charge in [0, 0.05) is 16.9 Å². The number of guanidine groups is 3. The second kappa shape index (κ2) is 16.5. The van der Waals surface area contributed by atoms with Crippen molar-refractivity contribution in [2.75, 3.05) is 24.9 Å². The van der Waals surface area contributed by atoms with Crippen LogP contribution in [0.25, 0.3) is 0 Å². The van der Waals surface area contributed by atoms with E-state index < -0.39 is 12.5 Å². The molecular formula is C40H40N10O4. The summed E-state index contributed by atoms with van der Waals surface area (Å²) in [5.74, 6) is 4.88. The monoisotopic (exact) mass is 724 g/mol. The molecule has 0 saturated carbocycles. The van der Waals surface area contributed by atoms with E-state index in [1.165, 1.54) is 0 Å². The summed E-state index contributed by atoms with van der Waals surface area (Å²) in [5.41, 5.74) is 17.6. The summed E-state index contributed by atoms with van der Waals surface area (Å²) >= 11 is 0. The third-order valence-electron chi connectivity index (χ3n) is 8.36. The van der Waals surface area contributed by atoms with Gasteiger partial charge in [-0.05, 0) is 102 Å². The lowest BCUT2D eigenvalue weighted by Gasteiger charge is -2.20. The first kappa shape index (κ1) is 35.3. The van der Waals surface area contributed by atoms with E-state index in [4.69, 9.17) is 30.4 Å². The molecule has 7 rings (SSSR count). The van der Waals surface area contributed by atoms with Gasteiger partial charge in [-0.15, -0.1) is 0 Å². The molecule has 2 atom stereocenters. The lowest BCUT2D eigenvalue weighted by atomic mass is 10.1. The molecule has 54 heavy (non-hydrogen) atoms. The SMILES string of the molecule is COc1ccc(NC2=NC(c3ccc(OCc4ccc(COc5ccc(C6=NC(N)N=C(Nc7ccc(OC)cc7)N6)cc5)cc4)cc3)N=C(N)N2)cc1. The maximum Gasteiger partial charge on any atom is 0.205 e. The van der Waals surface area contributed by atoms with Crippen molar-refractivity contribution >= 4 is 35.1 Å². The van der Waals surface area contributed by atoms with E-state index in [-0.39, 0.29) is 5.96 Å². The molecular weight excluding hydrogens is 685 g/mol. The van der Waals surface area contributed by atoms with Crippen LogP contribution in [0, 0.1) is 0 Å². The molecule has 0 aromatic heterocycles. The zero-order chi connectivity index (χ0) is 37.3. The maximum absolute atomic E-state index is 6.09. The zero-order valence-corrected chi connectivity index (χ0v) is 29.7. The molecule has 14 nitrogen and oxygen atoms in total. The fourth-order valence-electron chi connectivity index (χ4n) is 5.49. The second-order valence-corrected chi connectivity index (χ2v) is 12.2. The largest absolute Gasteiger partial charge is 0.497 e. The van der Waals surface area contributed by atoms with Crippen LogP contribution in [0.4, 0.5) is 11.4 Å². The van der Waals surface area contributed by atoms with Gasteiger partial charge in [0.15, 0.2) is 18.4 Å². The van der Waals surface area contributed by atoms with Crippen molar-refractivity contribution in [3.05, 3.63) is 144 Å². The van der Waals surface area contributed by atoms with E-state index in [0.29, 0.717) is 31.0 Å². The first-order valence-electron chi connectivity index (χ1n) is 17.1. The van der Waals surface area contributed by atoms with E-state index in [0.717, 1.165) is 56.6 Å². The van der Waals surface area contributed by atoms with Gasteiger partial charge in [-0.2, -0.15) is 0 Å². The number of nitrogens with one attached hydrogen (secondary N) is 4. The quantitative estimate of drug-likeness (QED) is 0.0986. The van der Waals surface area contributed by atoms with Crippen LogP contribution in [0.5, 0.6) is 23.0 Å². The summed E-state index contributed by atoms with van der Waals surface area (Å²) in [4.78, 5) is 17.9. The molecule has 0 radical (unpaired) electrons. The Morgan fingerprint density at radius 3 is 1.56 bits per heavy atom. The van der Waals surface area contributed by atoms with Gasteiger partial charge in [0.05, 0.1) is 14.2 Å². The molecule has 0 bridgehead atoms. The minimum atomic E-state index is -0.731. The number of benzene rings is 5. The van der Waals surface area contributed by atoms with Crippen molar-refractivity contribution < 1.29 is 18.9 Å². The van der Waals surface area contributed by atoms with Gasteiger partial charge < -0.3 is 40.6 Å². The van der Waals surface area contributed by atoms with Gasteiger partial charge >= 0.3 is 0 Å². The number of nitrogens with zero attached hydrogens (tertiary/aromatic N) is 4. The van der Waals surface area contributed by atoms with Gasteiger partial charge in [0.25, 0.3) is 0 Å². The normalized spacial score (nSPS) is 16.3. The van der Waals surface area contributed by atoms with Gasteiger partial charge in [-0.3, -0.25) is 11.1 Å². The van der Waals surface area contributed by atoms with Crippen LogP contribution < -0.4 is 51.7 Å². The smallest absolute Gasteiger partial charge is 0.205 e. The van der Waals surface area contributed by atoms with E-state index in [2.05, 4.69) is 41.2 Å². The number of rotatable bonds is 12. The average Bonchev–Trinajstić information content (AvgIpc) is 3.20. The molecule has 0 fully saturated rings. The van der Waals surface area contributed by atoms with Crippen LogP contribution in [0.15, 0.2) is 141 Å². The fraction of sp³-hybridized carbons (Fsp3) is 0.150. The number of hydrogen-bond acceptors (Lipinski definition) is 14. The van der Waals surface area contributed by atoms with Crippen LogP contribution in [0.1, 0.15) is 28.4 Å². The van der Waals surface area contributed by atoms with Crippen LogP contribution in [-0.4, -0.2) is 44.2 Å². The number of methoxy groups -OCH3 is 2. The highest BCUT2D eigenvalue weighted by atomic mass is 16.5. The van der Waals surface area contributed by atoms with Crippen molar-refractivity contribution in [1.82, 2.24) is 10.6 Å². The molecule has 8 N–H and O–H groups in total. The van der Waals surface area contributed by atoms with E-state index >= 15 is 0 Å². The zero-order valence-electron chi connectivity index (χ0n) is 29.7. The number of amidine groups is 1. The Bertz CT molecular complexity index is 2150. The summed E-state index contributed by atoms with van der Waals surface area (Å²) in [5, 5.41) is 12.6. The molecule has 5 aromatic carbocycles. The Kier molecular flexibility index (Phi) is 10.8. The number of hydrogen-bond donors (Lipinski definition) is 6. The third kappa shape index (κ3) is 9.23.